The van der Waals surface area contributed by atoms with E-state index in [1.165, 1.54) is 18.9 Å². The van der Waals surface area contributed by atoms with Crippen LogP contribution in [0.5, 0.6) is 0 Å². The van der Waals surface area contributed by atoms with E-state index in [9.17, 15) is 9.59 Å². The molecule has 17 heavy (non-hydrogen) atoms. The molecule has 0 heterocycles. The second-order valence-electron chi connectivity index (χ2n) is 4.34. The summed E-state index contributed by atoms with van der Waals surface area (Å²) in [4.78, 5) is 22.3. The molecule has 1 aliphatic carbocycles. The maximum atomic E-state index is 11.5. The molecule has 1 rings (SSSR count). The van der Waals surface area contributed by atoms with Crippen LogP contribution < -0.4 is 10.6 Å². The molecule has 0 aromatic rings. The summed E-state index contributed by atoms with van der Waals surface area (Å²) < 4.78 is 0. The Kier molecular flexibility index (Phi) is 5.69. The largest absolute Gasteiger partial charge is 0.480 e. The Bertz CT molecular complexity index is 285. The Labute approximate surface area is 101 Å². The Morgan fingerprint density at radius 1 is 1.41 bits per heavy atom. The zero-order valence-electron chi connectivity index (χ0n) is 9.95. The minimum atomic E-state index is -1.03. The highest BCUT2D eigenvalue weighted by atomic mass is 16.4. The molecule has 5 nitrogen and oxygen atoms in total. The molecule has 1 saturated carbocycles. The first-order valence-electron chi connectivity index (χ1n) is 6.00. The van der Waals surface area contributed by atoms with Crippen molar-refractivity contribution in [3.63, 3.8) is 0 Å². The molecular formula is C12H20N2O3. The van der Waals surface area contributed by atoms with Crippen molar-refractivity contribution in [1.29, 1.82) is 0 Å². The fourth-order valence-corrected chi connectivity index (χ4v) is 2.00. The van der Waals surface area contributed by atoms with Crippen molar-refractivity contribution in [3.05, 3.63) is 12.7 Å². The van der Waals surface area contributed by atoms with Gasteiger partial charge in [-0.1, -0.05) is 18.9 Å². The van der Waals surface area contributed by atoms with Crippen molar-refractivity contribution in [2.75, 3.05) is 6.54 Å². The fraction of sp³-hybridized carbons (Fsp3) is 0.667. The van der Waals surface area contributed by atoms with Crippen LogP contribution in [0, 0.1) is 0 Å². The summed E-state index contributed by atoms with van der Waals surface area (Å²) in [6, 6.07) is -0.464. The third-order valence-corrected chi connectivity index (χ3v) is 2.94. The van der Waals surface area contributed by atoms with Gasteiger partial charge in [-0.2, -0.15) is 0 Å². The van der Waals surface area contributed by atoms with E-state index in [1.807, 2.05) is 0 Å². The van der Waals surface area contributed by atoms with Crippen LogP contribution in [0.3, 0.4) is 0 Å². The quantitative estimate of drug-likeness (QED) is 0.571. The van der Waals surface area contributed by atoms with E-state index >= 15 is 0 Å². The lowest BCUT2D eigenvalue weighted by molar-refractivity contribution is -0.141. The highest BCUT2D eigenvalue weighted by Gasteiger charge is 2.19. The van der Waals surface area contributed by atoms with Crippen molar-refractivity contribution >= 4 is 11.9 Å². The molecule has 0 spiro atoms. The van der Waals surface area contributed by atoms with Crippen molar-refractivity contribution in [2.24, 2.45) is 0 Å². The van der Waals surface area contributed by atoms with E-state index in [2.05, 4.69) is 17.2 Å². The monoisotopic (exact) mass is 240 g/mol. The van der Waals surface area contributed by atoms with Gasteiger partial charge >= 0.3 is 5.97 Å². The lowest BCUT2D eigenvalue weighted by Crippen LogP contribution is -2.45. The number of hydrogen-bond acceptors (Lipinski definition) is 3. The summed E-state index contributed by atoms with van der Waals surface area (Å²) in [5.41, 5.74) is 0. The summed E-state index contributed by atoms with van der Waals surface area (Å²) in [5.74, 6) is -1.30. The Hall–Kier alpha value is -1.36. The van der Waals surface area contributed by atoms with Crippen LogP contribution in [0.15, 0.2) is 12.7 Å². The van der Waals surface area contributed by atoms with E-state index in [-0.39, 0.29) is 18.9 Å². The molecule has 1 fully saturated rings. The van der Waals surface area contributed by atoms with Gasteiger partial charge in [0.15, 0.2) is 0 Å². The highest BCUT2D eigenvalue weighted by molar-refractivity contribution is 5.84. The van der Waals surface area contributed by atoms with Gasteiger partial charge in [-0.15, -0.1) is 6.58 Å². The average Bonchev–Trinajstić information content (AvgIpc) is 2.78. The van der Waals surface area contributed by atoms with Gasteiger partial charge in [0.1, 0.15) is 6.04 Å². The van der Waals surface area contributed by atoms with Crippen LogP contribution >= 0.6 is 0 Å². The second-order valence-corrected chi connectivity index (χ2v) is 4.34. The molecule has 0 aromatic heterocycles. The summed E-state index contributed by atoms with van der Waals surface area (Å²) in [7, 11) is 0. The minimum Gasteiger partial charge on any atom is -0.480 e. The number of hydrogen-bond donors (Lipinski definition) is 3. The molecule has 0 aliphatic heterocycles. The van der Waals surface area contributed by atoms with Crippen LogP contribution in [-0.4, -0.2) is 35.6 Å². The van der Waals surface area contributed by atoms with Gasteiger partial charge in [0.2, 0.25) is 5.91 Å². The summed E-state index contributed by atoms with van der Waals surface area (Å²) in [6.45, 7) is 3.66. The van der Waals surface area contributed by atoms with Gasteiger partial charge < -0.3 is 15.7 Å². The predicted molar refractivity (Wildman–Crippen MR) is 64.6 cm³/mol. The predicted octanol–water partition coefficient (Wildman–Crippen LogP) is 0.664. The standard InChI is InChI=1S/C12H20N2O3/c1-2-5-10(12(16)17)14-11(15)8-13-9-6-3-4-7-9/h2,9-10,13H,1,3-8H2,(H,14,15)(H,16,17)/t10-/m0/s1. The lowest BCUT2D eigenvalue weighted by Gasteiger charge is -2.15. The first kappa shape index (κ1) is 13.7. The molecule has 0 bridgehead atoms. The topological polar surface area (TPSA) is 78.4 Å². The van der Waals surface area contributed by atoms with E-state index < -0.39 is 12.0 Å². The van der Waals surface area contributed by atoms with Crippen molar-refractivity contribution in [2.45, 2.75) is 44.2 Å². The first-order chi connectivity index (χ1) is 8.13. The zero-order chi connectivity index (χ0) is 12.7. The number of amides is 1. The second kappa shape index (κ2) is 7.06. The van der Waals surface area contributed by atoms with E-state index in [1.54, 1.807) is 0 Å². The number of carbonyl (C=O) groups excluding carboxylic acids is 1. The normalized spacial score (nSPS) is 17.6. The van der Waals surface area contributed by atoms with Gasteiger partial charge in [-0.05, 0) is 19.3 Å². The Balaban J connectivity index is 2.26. The molecule has 5 heteroatoms. The van der Waals surface area contributed by atoms with Crippen LogP contribution in [0.2, 0.25) is 0 Å². The lowest BCUT2D eigenvalue weighted by atomic mass is 10.2. The molecule has 1 amide bonds. The molecule has 0 saturated heterocycles. The van der Waals surface area contributed by atoms with Crippen LogP contribution in [0.4, 0.5) is 0 Å². The molecule has 0 unspecified atom stereocenters. The van der Waals surface area contributed by atoms with E-state index in [0.717, 1.165) is 12.8 Å². The number of rotatable bonds is 7. The third-order valence-electron chi connectivity index (χ3n) is 2.94. The average molecular weight is 240 g/mol. The smallest absolute Gasteiger partial charge is 0.326 e. The maximum absolute atomic E-state index is 11.5. The molecule has 0 radical (unpaired) electrons. The van der Waals surface area contributed by atoms with Crippen molar-refractivity contribution in [3.8, 4) is 0 Å². The highest BCUT2D eigenvalue weighted by Crippen LogP contribution is 2.17. The summed E-state index contributed by atoms with van der Waals surface area (Å²) in [5, 5.41) is 14.5. The zero-order valence-corrected chi connectivity index (χ0v) is 9.95. The number of carbonyl (C=O) groups is 2. The molecule has 1 atom stereocenters. The Morgan fingerprint density at radius 2 is 2.06 bits per heavy atom. The van der Waals surface area contributed by atoms with Gasteiger partial charge in [-0.3, -0.25) is 4.79 Å². The van der Waals surface area contributed by atoms with Gasteiger partial charge in [0.25, 0.3) is 0 Å². The number of nitrogens with one attached hydrogen (secondary N) is 2. The van der Waals surface area contributed by atoms with Crippen molar-refractivity contribution < 1.29 is 14.7 Å². The van der Waals surface area contributed by atoms with E-state index in [4.69, 9.17) is 5.11 Å². The third kappa shape index (κ3) is 4.99. The molecule has 1 aliphatic rings. The summed E-state index contributed by atoms with van der Waals surface area (Å²) >= 11 is 0. The van der Waals surface area contributed by atoms with Crippen molar-refractivity contribution in [1.82, 2.24) is 10.6 Å². The van der Waals surface area contributed by atoms with Crippen LogP contribution in [-0.2, 0) is 9.59 Å². The van der Waals surface area contributed by atoms with Gasteiger partial charge in [0, 0.05) is 6.04 Å². The summed E-state index contributed by atoms with van der Waals surface area (Å²) in [6.07, 6.45) is 6.33. The minimum absolute atomic E-state index is 0.186. The van der Waals surface area contributed by atoms with Gasteiger partial charge in [0.05, 0.1) is 6.54 Å². The Morgan fingerprint density at radius 3 is 2.59 bits per heavy atom. The number of aliphatic carboxylic acids is 1. The maximum Gasteiger partial charge on any atom is 0.326 e. The molecule has 3 N–H and O–H groups in total. The first-order valence-corrected chi connectivity index (χ1v) is 6.00. The van der Waals surface area contributed by atoms with Crippen LogP contribution in [0.1, 0.15) is 32.1 Å². The molecule has 0 aromatic carbocycles. The van der Waals surface area contributed by atoms with Gasteiger partial charge in [-0.25, -0.2) is 4.79 Å². The molecule has 96 valence electrons. The number of carboxylic acids is 1. The van der Waals surface area contributed by atoms with E-state index in [0.29, 0.717) is 6.04 Å². The molecular weight excluding hydrogens is 220 g/mol. The number of carboxylic acid groups (broad SMARTS) is 1. The van der Waals surface area contributed by atoms with Crippen LogP contribution in [0.25, 0.3) is 0 Å². The fourth-order valence-electron chi connectivity index (χ4n) is 2.00. The SMILES string of the molecule is C=CC[C@H](NC(=O)CNC1CCCC1)C(=O)O.